The van der Waals surface area contributed by atoms with Gasteiger partial charge in [0.2, 0.25) is 0 Å². The maximum Gasteiger partial charge on any atom is 0.136 e. The second-order valence-electron chi connectivity index (χ2n) is 14.4. The number of unbranched alkanes of at least 4 members (excludes halogenated alkanes) is 11. The fraction of sp³-hybridized carbons (Fsp3) is 0.435. The molecule has 5 aromatic carbocycles. The quantitative estimate of drug-likeness (QED) is 0.0757. The summed E-state index contributed by atoms with van der Waals surface area (Å²) >= 11 is 0. The van der Waals surface area contributed by atoms with Crippen molar-refractivity contribution in [3.63, 3.8) is 0 Å². The lowest BCUT2D eigenvalue weighted by molar-refractivity contribution is 0.126. The molecule has 0 unspecified atom stereocenters. The average molecular weight is 671 g/mol. The highest BCUT2D eigenvalue weighted by molar-refractivity contribution is 6.18. The fourth-order valence-electron chi connectivity index (χ4n) is 7.50. The van der Waals surface area contributed by atoms with Crippen LogP contribution >= 0.6 is 0 Å². The maximum absolute atomic E-state index is 6.50. The lowest BCUT2D eigenvalue weighted by Crippen LogP contribution is -1.97. The average Bonchev–Trinajstić information content (AvgIpc) is 3.66. The molecule has 0 fully saturated rings. The van der Waals surface area contributed by atoms with E-state index in [0.717, 1.165) is 94.1 Å². The molecule has 0 bridgehead atoms. The van der Waals surface area contributed by atoms with Crippen LogP contribution in [0.4, 0.5) is 0 Å². The monoisotopic (exact) mass is 670 g/mol. The number of fused-ring (bicyclic) bond motifs is 8. The Morgan fingerprint density at radius 2 is 0.920 bits per heavy atom. The van der Waals surface area contributed by atoms with Crippen molar-refractivity contribution in [3.05, 3.63) is 78.4 Å². The molecule has 0 aliphatic rings. The van der Waals surface area contributed by atoms with E-state index in [9.17, 15) is 0 Å². The van der Waals surface area contributed by atoms with Gasteiger partial charge in [0.05, 0.1) is 6.61 Å². The van der Waals surface area contributed by atoms with Gasteiger partial charge in [-0.25, -0.2) is 0 Å². The molecule has 0 amide bonds. The van der Waals surface area contributed by atoms with Crippen LogP contribution < -0.4 is 4.74 Å². The van der Waals surface area contributed by atoms with Crippen LogP contribution in [0, 0.1) is 0 Å². The zero-order chi connectivity index (χ0) is 34.1. The van der Waals surface area contributed by atoms with Gasteiger partial charge in [-0.3, -0.25) is 0 Å². The van der Waals surface area contributed by atoms with E-state index in [1.807, 2.05) is 0 Å². The molecule has 50 heavy (non-hydrogen) atoms. The fourth-order valence-corrected chi connectivity index (χ4v) is 7.50. The highest BCUT2D eigenvalue weighted by atomic mass is 16.5. The van der Waals surface area contributed by atoms with Crippen LogP contribution in [-0.4, -0.2) is 19.8 Å². The second-order valence-corrected chi connectivity index (χ2v) is 14.4. The van der Waals surface area contributed by atoms with E-state index in [1.54, 1.807) is 0 Å². The van der Waals surface area contributed by atoms with Gasteiger partial charge in [0.1, 0.15) is 28.1 Å². The molecular weight excluding hydrogens is 617 g/mol. The van der Waals surface area contributed by atoms with Crippen LogP contribution in [0.2, 0.25) is 0 Å². The Kier molecular flexibility index (Phi) is 11.6. The summed E-state index contributed by atoms with van der Waals surface area (Å²) in [5.41, 5.74) is 4.98. The molecule has 4 nitrogen and oxygen atoms in total. The third kappa shape index (κ3) is 8.13. The molecule has 0 atom stereocenters. The van der Waals surface area contributed by atoms with Crippen molar-refractivity contribution in [3.8, 4) is 5.75 Å². The van der Waals surface area contributed by atoms with Crippen LogP contribution in [0.25, 0.3) is 65.4 Å². The first-order valence-corrected chi connectivity index (χ1v) is 19.6. The standard InChI is InChI=1S/C46H54O4/c1-3-5-7-8-9-10-11-16-24-48-38-21-20-35-28-40-42-32-45-41(31-46(42)50-44(40)30-37(35)26-38)39-27-34-19-18-33(25-36(34)29-43(39)49-45)17-13-12-15-23-47-22-14-6-4-2/h18-21,25-32H,3-17,22-24H2,1-2H3. The minimum Gasteiger partial charge on any atom is -0.494 e. The summed E-state index contributed by atoms with van der Waals surface area (Å²) in [6.45, 7) is 7.07. The first kappa shape index (κ1) is 34.4. The van der Waals surface area contributed by atoms with Gasteiger partial charge in [-0.15, -0.1) is 0 Å². The van der Waals surface area contributed by atoms with Crippen molar-refractivity contribution in [1.29, 1.82) is 0 Å². The Hall–Kier alpha value is -4.02. The van der Waals surface area contributed by atoms with E-state index in [1.165, 1.54) is 98.8 Å². The van der Waals surface area contributed by atoms with Crippen molar-refractivity contribution >= 4 is 65.4 Å². The number of aryl methyl sites for hydroxylation is 1. The Bertz CT molecular complexity index is 2010. The molecule has 0 N–H and O–H groups in total. The highest BCUT2D eigenvalue weighted by Gasteiger charge is 2.15. The normalized spacial score (nSPS) is 12.1. The molecule has 262 valence electrons. The number of hydrogen-bond acceptors (Lipinski definition) is 4. The number of ether oxygens (including phenoxy) is 2. The zero-order valence-electron chi connectivity index (χ0n) is 30.3. The highest BCUT2D eigenvalue weighted by Crippen LogP contribution is 2.39. The summed E-state index contributed by atoms with van der Waals surface area (Å²) in [5.74, 6) is 0.929. The van der Waals surface area contributed by atoms with Crippen LogP contribution in [-0.2, 0) is 11.2 Å². The lowest BCUT2D eigenvalue weighted by atomic mass is 10.0. The molecule has 2 heterocycles. The Labute approximate surface area is 297 Å². The topological polar surface area (TPSA) is 44.7 Å². The summed E-state index contributed by atoms with van der Waals surface area (Å²) in [6.07, 6.45) is 18.7. The van der Waals surface area contributed by atoms with Crippen LogP contribution in [0.3, 0.4) is 0 Å². The van der Waals surface area contributed by atoms with E-state index >= 15 is 0 Å². The van der Waals surface area contributed by atoms with E-state index in [4.69, 9.17) is 18.3 Å². The zero-order valence-corrected chi connectivity index (χ0v) is 30.3. The molecule has 0 radical (unpaired) electrons. The van der Waals surface area contributed by atoms with E-state index in [0.29, 0.717) is 0 Å². The van der Waals surface area contributed by atoms with Gasteiger partial charge < -0.3 is 18.3 Å². The molecule has 0 aliphatic heterocycles. The molecule has 0 saturated heterocycles. The predicted molar refractivity (Wildman–Crippen MR) is 212 cm³/mol. The minimum absolute atomic E-state index is 0.770. The molecule has 4 heteroatoms. The first-order valence-electron chi connectivity index (χ1n) is 19.6. The molecular formula is C46H54O4. The van der Waals surface area contributed by atoms with E-state index < -0.39 is 0 Å². The second kappa shape index (κ2) is 16.8. The first-order chi connectivity index (χ1) is 24.7. The summed E-state index contributed by atoms with van der Waals surface area (Å²) in [4.78, 5) is 0. The number of benzene rings is 5. The molecule has 0 saturated carbocycles. The third-order valence-electron chi connectivity index (χ3n) is 10.4. The van der Waals surface area contributed by atoms with Gasteiger partial charge in [0, 0.05) is 34.8 Å². The van der Waals surface area contributed by atoms with Crippen molar-refractivity contribution < 1.29 is 18.3 Å². The third-order valence-corrected chi connectivity index (χ3v) is 10.4. The summed E-state index contributed by atoms with van der Waals surface area (Å²) in [7, 11) is 0. The van der Waals surface area contributed by atoms with Gasteiger partial charge in [-0.1, -0.05) is 102 Å². The lowest BCUT2D eigenvalue weighted by Gasteiger charge is -2.08. The van der Waals surface area contributed by atoms with Gasteiger partial charge in [0.25, 0.3) is 0 Å². The largest absolute Gasteiger partial charge is 0.494 e. The SMILES string of the molecule is CCCCCCCCCCOc1ccc2cc3c(cc2c1)oc1cc2c(cc13)oc1cc3cc(CCCCCOCCCCC)ccc3cc12. The Morgan fingerprint density at radius 3 is 1.60 bits per heavy atom. The van der Waals surface area contributed by atoms with Crippen LogP contribution in [0.1, 0.15) is 109 Å². The number of hydrogen-bond donors (Lipinski definition) is 0. The number of rotatable bonds is 20. The van der Waals surface area contributed by atoms with Crippen LogP contribution in [0.5, 0.6) is 5.75 Å². The Balaban J connectivity index is 1.02. The smallest absolute Gasteiger partial charge is 0.136 e. The van der Waals surface area contributed by atoms with E-state index in [2.05, 4.69) is 86.6 Å². The van der Waals surface area contributed by atoms with Crippen LogP contribution in [0.15, 0.2) is 81.6 Å². The molecule has 7 aromatic rings. The van der Waals surface area contributed by atoms with Crippen molar-refractivity contribution in [2.24, 2.45) is 0 Å². The van der Waals surface area contributed by atoms with E-state index in [-0.39, 0.29) is 0 Å². The van der Waals surface area contributed by atoms with Gasteiger partial charge in [-0.2, -0.15) is 0 Å². The Morgan fingerprint density at radius 1 is 0.420 bits per heavy atom. The van der Waals surface area contributed by atoms with Crippen molar-refractivity contribution in [2.75, 3.05) is 19.8 Å². The molecule has 2 aromatic heterocycles. The molecule has 0 spiro atoms. The summed E-state index contributed by atoms with van der Waals surface area (Å²) in [6, 6.07) is 26.5. The predicted octanol–water partition coefficient (Wildman–Crippen LogP) is 14.2. The van der Waals surface area contributed by atoms with Crippen molar-refractivity contribution in [2.45, 2.75) is 110 Å². The molecule has 7 rings (SSSR count). The maximum atomic E-state index is 6.50. The summed E-state index contributed by atoms with van der Waals surface area (Å²) < 4.78 is 24.9. The van der Waals surface area contributed by atoms with Gasteiger partial charge in [-0.05, 0) is 108 Å². The minimum atomic E-state index is 0.770. The van der Waals surface area contributed by atoms with Gasteiger partial charge in [0.15, 0.2) is 0 Å². The van der Waals surface area contributed by atoms with Crippen molar-refractivity contribution in [1.82, 2.24) is 0 Å². The van der Waals surface area contributed by atoms with Gasteiger partial charge >= 0.3 is 0 Å². The molecule has 0 aliphatic carbocycles. The summed E-state index contributed by atoms with van der Waals surface area (Å²) in [5, 5.41) is 9.21. The number of furan rings is 2.